The van der Waals surface area contributed by atoms with Gasteiger partial charge < -0.3 is 0 Å². The quantitative estimate of drug-likeness (QED) is 0.522. The van der Waals surface area contributed by atoms with E-state index in [2.05, 4.69) is 10.1 Å². The number of fused-ring (bicyclic) bond motifs is 1. The van der Waals surface area contributed by atoms with Crippen LogP contribution in [0.15, 0.2) is 42.6 Å². The number of para-hydroxylation sites is 1. The maximum atomic E-state index is 11.0. The van der Waals surface area contributed by atoms with Crippen molar-refractivity contribution in [2.75, 3.05) is 0 Å². The molecule has 0 aliphatic carbocycles. The van der Waals surface area contributed by atoms with Gasteiger partial charge >= 0.3 is 0 Å². The minimum Gasteiger partial charge on any atom is -0.258 e. The van der Waals surface area contributed by atoms with E-state index in [1.807, 2.05) is 6.07 Å². The Morgan fingerprint density at radius 2 is 2.10 bits per heavy atom. The van der Waals surface area contributed by atoms with Crippen LogP contribution in [0, 0.1) is 21.4 Å². The number of nitro groups is 1. The van der Waals surface area contributed by atoms with E-state index in [0.29, 0.717) is 16.8 Å². The second-order valence-corrected chi connectivity index (χ2v) is 4.04. The number of benzene rings is 1. The molecular weight excluding hydrogens is 258 g/mol. The highest BCUT2D eigenvalue weighted by Gasteiger charge is 2.18. The Bertz CT molecular complexity index is 863. The smallest absolute Gasteiger partial charge is 0.258 e. The Balaban J connectivity index is 2.21. The first kappa shape index (κ1) is 11.8. The molecular formula is C13H7N5O2. The molecule has 0 amide bonds. The summed E-state index contributed by atoms with van der Waals surface area (Å²) in [6, 6.07) is 11.5. The van der Waals surface area contributed by atoms with Crippen LogP contribution in [0.5, 0.6) is 0 Å². The van der Waals surface area contributed by atoms with E-state index in [9.17, 15) is 10.1 Å². The van der Waals surface area contributed by atoms with Crippen LogP contribution in [-0.4, -0.2) is 19.5 Å². The van der Waals surface area contributed by atoms with Crippen LogP contribution >= 0.6 is 0 Å². The van der Waals surface area contributed by atoms with E-state index < -0.39 is 4.92 Å². The largest absolute Gasteiger partial charge is 0.280 e. The number of pyridine rings is 1. The molecule has 1 aromatic carbocycles. The van der Waals surface area contributed by atoms with Crippen LogP contribution in [-0.2, 0) is 0 Å². The lowest BCUT2D eigenvalue weighted by molar-refractivity contribution is -0.384. The summed E-state index contributed by atoms with van der Waals surface area (Å²) in [5.74, 6) is 0.257. The van der Waals surface area contributed by atoms with E-state index in [1.165, 1.54) is 10.6 Å². The lowest BCUT2D eigenvalue weighted by atomic mass is 10.2. The van der Waals surface area contributed by atoms with E-state index in [1.54, 1.807) is 36.5 Å². The van der Waals surface area contributed by atoms with Gasteiger partial charge in [0.25, 0.3) is 5.69 Å². The van der Waals surface area contributed by atoms with Gasteiger partial charge in [-0.25, -0.2) is 9.50 Å². The Morgan fingerprint density at radius 1 is 1.30 bits per heavy atom. The monoisotopic (exact) mass is 265 g/mol. The Kier molecular flexibility index (Phi) is 2.62. The zero-order valence-electron chi connectivity index (χ0n) is 10.1. The molecule has 0 bridgehead atoms. The van der Waals surface area contributed by atoms with Crippen LogP contribution in [0.2, 0.25) is 0 Å². The standard InChI is InChI=1S/C13H7N5O2/c14-8-9-5-6-17-12(7-9)15-13(16-17)10-3-1-2-4-11(10)18(19)20/h1-7H. The summed E-state index contributed by atoms with van der Waals surface area (Å²) in [6.07, 6.45) is 1.60. The topological polar surface area (TPSA) is 97.1 Å². The highest BCUT2D eigenvalue weighted by molar-refractivity contribution is 5.69. The van der Waals surface area contributed by atoms with Crippen LogP contribution in [0.4, 0.5) is 5.69 Å². The highest BCUT2D eigenvalue weighted by Crippen LogP contribution is 2.27. The van der Waals surface area contributed by atoms with Crippen molar-refractivity contribution in [3.05, 3.63) is 58.3 Å². The average Bonchev–Trinajstić information content (AvgIpc) is 2.89. The lowest BCUT2D eigenvalue weighted by Gasteiger charge is -1.96. The molecule has 7 heteroatoms. The molecule has 0 radical (unpaired) electrons. The highest BCUT2D eigenvalue weighted by atomic mass is 16.6. The summed E-state index contributed by atoms with van der Waals surface area (Å²) in [4.78, 5) is 14.8. The Labute approximate surface area is 112 Å². The summed E-state index contributed by atoms with van der Waals surface area (Å²) in [5, 5.41) is 24.0. The summed E-state index contributed by atoms with van der Waals surface area (Å²) in [5.41, 5.74) is 1.22. The third-order valence-electron chi connectivity index (χ3n) is 2.81. The summed E-state index contributed by atoms with van der Waals surface area (Å²) >= 11 is 0. The fraction of sp³-hybridized carbons (Fsp3) is 0. The zero-order valence-corrected chi connectivity index (χ0v) is 10.1. The number of rotatable bonds is 2. The van der Waals surface area contributed by atoms with Gasteiger partial charge in [0, 0.05) is 18.3 Å². The second-order valence-electron chi connectivity index (χ2n) is 4.04. The molecule has 0 saturated carbocycles. The minimum absolute atomic E-state index is 0.0519. The van der Waals surface area contributed by atoms with Gasteiger partial charge in [-0.3, -0.25) is 10.1 Å². The maximum Gasteiger partial charge on any atom is 0.280 e. The van der Waals surface area contributed by atoms with Crippen molar-refractivity contribution < 1.29 is 4.92 Å². The number of hydrogen-bond acceptors (Lipinski definition) is 5. The van der Waals surface area contributed by atoms with E-state index >= 15 is 0 Å². The van der Waals surface area contributed by atoms with Gasteiger partial charge in [-0.15, -0.1) is 5.10 Å². The summed E-state index contributed by atoms with van der Waals surface area (Å²) in [7, 11) is 0. The summed E-state index contributed by atoms with van der Waals surface area (Å²) in [6.45, 7) is 0. The number of nitrogens with zero attached hydrogens (tertiary/aromatic N) is 5. The van der Waals surface area contributed by atoms with Gasteiger partial charge in [0.1, 0.15) is 0 Å². The number of aromatic nitrogens is 3. The van der Waals surface area contributed by atoms with Crippen LogP contribution in [0.3, 0.4) is 0 Å². The molecule has 0 aliphatic heterocycles. The number of nitriles is 1. The molecule has 0 fully saturated rings. The molecule has 0 N–H and O–H groups in total. The Hall–Kier alpha value is -3.27. The van der Waals surface area contributed by atoms with Gasteiger partial charge in [-0.2, -0.15) is 5.26 Å². The number of hydrogen-bond donors (Lipinski definition) is 0. The molecule has 0 unspecified atom stereocenters. The van der Waals surface area contributed by atoms with Crippen LogP contribution < -0.4 is 0 Å². The molecule has 3 rings (SSSR count). The zero-order chi connectivity index (χ0) is 14.1. The molecule has 0 aliphatic rings. The Morgan fingerprint density at radius 3 is 2.85 bits per heavy atom. The van der Waals surface area contributed by atoms with Gasteiger partial charge in [0.15, 0.2) is 11.5 Å². The molecule has 0 saturated heterocycles. The molecule has 96 valence electrons. The molecule has 0 atom stereocenters. The minimum atomic E-state index is -0.471. The lowest BCUT2D eigenvalue weighted by Crippen LogP contribution is -1.93. The van der Waals surface area contributed by atoms with Crippen molar-refractivity contribution >= 4 is 11.3 Å². The third kappa shape index (κ3) is 1.85. The maximum absolute atomic E-state index is 11.0. The van der Waals surface area contributed by atoms with E-state index in [0.717, 1.165) is 0 Å². The first-order valence-corrected chi connectivity index (χ1v) is 5.69. The van der Waals surface area contributed by atoms with Gasteiger partial charge in [0.2, 0.25) is 0 Å². The van der Waals surface area contributed by atoms with Crippen molar-refractivity contribution in [3.63, 3.8) is 0 Å². The third-order valence-corrected chi connectivity index (χ3v) is 2.81. The molecule has 0 spiro atoms. The number of nitro benzene ring substituents is 1. The van der Waals surface area contributed by atoms with Crippen molar-refractivity contribution in [2.45, 2.75) is 0 Å². The van der Waals surface area contributed by atoms with Crippen molar-refractivity contribution in [1.29, 1.82) is 5.26 Å². The summed E-state index contributed by atoms with van der Waals surface area (Å²) < 4.78 is 1.48. The molecule has 2 heterocycles. The van der Waals surface area contributed by atoms with E-state index in [-0.39, 0.29) is 11.5 Å². The molecule has 3 aromatic rings. The van der Waals surface area contributed by atoms with Crippen LogP contribution in [0.1, 0.15) is 5.56 Å². The van der Waals surface area contributed by atoms with Gasteiger partial charge in [-0.1, -0.05) is 12.1 Å². The van der Waals surface area contributed by atoms with Crippen molar-refractivity contribution in [2.24, 2.45) is 0 Å². The molecule has 2 aromatic heterocycles. The first-order valence-electron chi connectivity index (χ1n) is 5.69. The fourth-order valence-electron chi connectivity index (χ4n) is 1.89. The molecule has 20 heavy (non-hydrogen) atoms. The predicted octanol–water partition coefficient (Wildman–Crippen LogP) is 2.18. The van der Waals surface area contributed by atoms with Gasteiger partial charge in [0.05, 0.1) is 22.1 Å². The second kappa shape index (κ2) is 4.44. The SMILES string of the molecule is N#Cc1ccn2nc(-c3ccccc3[N+](=O)[O-])nc2c1. The van der Waals surface area contributed by atoms with Gasteiger partial charge in [-0.05, 0) is 12.1 Å². The normalized spacial score (nSPS) is 10.3. The van der Waals surface area contributed by atoms with E-state index in [4.69, 9.17) is 5.26 Å². The fourth-order valence-corrected chi connectivity index (χ4v) is 1.89. The predicted molar refractivity (Wildman–Crippen MR) is 69.8 cm³/mol. The molecule has 7 nitrogen and oxygen atoms in total. The van der Waals surface area contributed by atoms with Crippen LogP contribution in [0.25, 0.3) is 17.0 Å². The van der Waals surface area contributed by atoms with Crippen molar-refractivity contribution in [3.8, 4) is 17.5 Å². The van der Waals surface area contributed by atoms with Crippen molar-refractivity contribution in [1.82, 2.24) is 14.6 Å². The average molecular weight is 265 g/mol. The first-order chi connectivity index (χ1) is 9.69.